The lowest BCUT2D eigenvalue weighted by molar-refractivity contribution is -0.137. The molecule has 0 unspecified atom stereocenters. The Labute approximate surface area is 148 Å². The van der Waals surface area contributed by atoms with Crippen molar-refractivity contribution in [3.8, 4) is 23.0 Å². The van der Waals surface area contributed by atoms with Crippen LogP contribution in [0.3, 0.4) is 0 Å². The van der Waals surface area contributed by atoms with Crippen molar-refractivity contribution in [2.75, 3.05) is 0 Å². The van der Waals surface area contributed by atoms with Crippen LogP contribution in [0.1, 0.15) is 22.3 Å². The van der Waals surface area contributed by atoms with Crippen molar-refractivity contribution >= 4 is 0 Å². The Hall–Kier alpha value is -3.03. The molecule has 1 aliphatic rings. The summed E-state index contributed by atoms with van der Waals surface area (Å²) in [6.07, 6.45) is -4.38. The van der Waals surface area contributed by atoms with Crippen LogP contribution in [0.15, 0.2) is 72.8 Å². The highest BCUT2D eigenvalue weighted by Gasteiger charge is 2.40. The Bertz CT molecular complexity index is 992. The van der Waals surface area contributed by atoms with Crippen LogP contribution < -0.4 is 0 Å². The molecule has 1 N–H and O–H groups in total. The van der Waals surface area contributed by atoms with Crippen LogP contribution in [-0.2, 0) is 11.8 Å². The van der Waals surface area contributed by atoms with Crippen LogP contribution in [0.25, 0.3) is 11.1 Å². The van der Waals surface area contributed by atoms with Gasteiger partial charge in [0.1, 0.15) is 0 Å². The molecule has 4 rings (SSSR count). The zero-order valence-corrected chi connectivity index (χ0v) is 13.5. The van der Waals surface area contributed by atoms with Gasteiger partial charge in [0.25, 0.3) is 0 Å². The van der Waals surface area contributed by atoms with Crippen molar-refractivity contribution in [3.05, 3.63) is 95.1 Å². The second kappa shape index (κ2) is 5.76. The SMILES string of the molecule is OC1(C#Cc2ccc(C(F)(F)F)cc2)c2ccccc2-c2ccccc21. The third kappa shape index (κ3) is 2.58. The number of rotatable bonds is 0. The number of halogens is 3. The average Bonchev–Trinajstić information content (AvgIpc) is 2.90. The molecule has 128 valence electrons. The maximum absolute atomic E-state index is 12.7. The minimum atomic E-state index is -4.38. The summed E-state index contributed by atoms with van der Waals surface area (Å²) in [5.74, 6) is 5.69. The summed E-state index contributed by atoms with van der Waals surface area (Å²) in [4.78, 5) is 0. The Kier molecular flexibility index (Phi) is 3.64. The van der Waals surface area contributed by atoms with Crippen molar-refractivity contribution in [2.45, 2.75) is 11.8 Å². The van der Waals surface area contributed by atoms with Gasteiger partial charge in [0.2, 0.25) is 0 Å². The normalized spacial score (nSPS) is 14.2. The number of hydrogen-bond acceptors (Lipinski definition) is 1. The predicted molar refractivity (Wildman–Crippen MR) is 93.2 cm³/mol. The summed E-state index contributed by atoms with van der Waals surface area (Å²) in [5, 5.41) is 11.3. The lowest BCUT2D eigenvalue weighted by atomic mass is 9.92. The molecule has 0 aromatic heterocycles. The van der Waals surface area contributed by atoms with E-state index in [2.05, 4.69) is 11.8 Å². The van der Waals surface area contributed by atoms with Crippen molar-refractivity contribution in [2.24, 2.45) is 0 Å². The zero-order chi connectivity index (χ0) is 18.4. The van der Waals surface area contributed by atoms with Crippen LogP contribution in [0.4, 0.5) is 13.2 Å². The van der Waals surface area contributed by atoms with Crippen LogP contribution in [0.2, 0.25) is 0 Å². The molecule has 3 aromatic rings. The molecular formula is C22H13F3O. The minimum Gasteiger partial charge on any atom is -0.369 e. The Morgan fingerprint density at radius 3 is 1.73 bits per heavy atom. The van der Waals surface area contributed by atoms with Crippen LogP contribution >= 0.6 is 0 Å². The molecule has 4 heteroatoms. The topological polar surface area (TPSA) is 20.2 Å². The van der Waals surface area contributed by atoms with Gasteiger partial charge in [0, 0.05) is 16.7 Å². The zero-order valence-electron chi connectivity index (χ0n) is 13.5. The molecule has 26 heavy (non-hydrogen) atoms. The van der Waals surface area contributed by atoms with E-state index in [0.717, 1.165) is 23.3 Å². The van der Waals surface area contributed by atoms with E-state index in [1.807, 2.05) is 48.5 Å². The van der Waals surface area contributed by atoms with Crippen molar-refractivity contribution in [1.29, 1.82) is 0 Å². The molecule has 0 radical (unpaired) electrons. The van der Waals surface area contributed by atoms with E-state index in [-0.39, 0.29) is 0 Å². The Morgan fingerprint density at radius 2 is 1.23 bits per heavy atom. The van der Waals surface area contributed by atoms with Crippen molar-refractivity contribution in [3.63, 3.8) is 0 Å². The highest BCUT2D eigenvalue weighted by atomic mass is 19.4. The number of alkyl halides is 3. The maximum Gasteiger partial charge on any atom is 0.416 e. The highest BCUT2D eigenvalue weighted by Crippen LogP contribution is 2.46. The number of fused-ring (bicyclic) bond motifs is 3. The minimum absolute atomic E-state index is 0.410. The summed E-state index contributed by atoms with van der Waals surface area (Å²) in [6.45, 7) is 0. The summed E-state index contributed by atoms with van der Waals surface area (Å²) >= 11 is 0. The number of benzene rings is 3. The lowest BCUT2D eigenvalue weighted by Crippen LogP contribution is -2.22. The fraction of sp³-hybridized carbons (Fsp3) is 0.0909. The first-order chi connectivity index (χ1) is 12.4. The molecule has 0 spiro atoms. The summed E-state index contributed by atoms with van der Waals surface area (Å²) in [5.41, 5.74) is 1.38. The van der Waals surface area contributed by atoms with Gasteiger partial charge in [-0.15, -0.1) is 0 Å². The molecule has 0 amide bonds. The standard InChI is InChI=1S/C22H13F3O/c23-22(24,25)16-11-9-15(10-12-16)13-14-21(26)19-7-3-1-5-17(19)18-6-2-4-8-20(18)21/h1-12,26H. The quantitative estimate of drug-likeness (QED) is 0.568. The first-order valence-corrected chi connectivity index (χ1v) is 8.02. The molecule has 0 bridgehead atoms. The molecule has 0 saturated carbocycles. The van der Waals surface area contributed by atoms with Gasteiger partial charge in [-0.25, -0.2) is 0 Å². The monoisotopic (exact) mass is 350 g/mol. The summed E-state index contributed by atoms with van der Waals surface area (Å²) in [7, 11) is 0. The molecule has 0 fully saturated rings. The number of hydrogen-bond donors (Lipinski definition) is 1. The third-order valence-corrected chi connectivity index (χ3v) is 4.52. The highest BCUT2D eigenvalue weighted by molar-refractivity contribution is 5.82. The summed E-state index contributed by atoms with van der Waals surface area (Å²) in [6, 6.07) is 19.5. The van der Waals surface area contributed by atoms with Gasteiger partial charge in [0.05, 0.1) is 5.56 Å². The van der Waals surface area contributed by atoms with E-state index in [1.165, 1.54) is 12.1 Å². The van der Waals surface area contributed by atoms with Crippen molar-refractivity contribution in [1.82, 2.24) is 0 Å². The van der Waals surface area contributed by atoms with Gasteiger partial charge in [-0.1, -0.05) is 60.4 Å². The van der Waals surface area contributed by atoms with Crippen LogP contribution in [-0.4, -0.2) is 5.11 Å². The van der Waals surface area contributed by atoms with E-state index in [4.69, 9.17) is 0 Å². The van der Waals surface area contributed by atoms with Crippen molar-refractivity contribution < 1.29 is 18.3 Å². The second-order valence-electron chi connectivity index (χ2n) is 6.13. The largest absolute Gasteiger partial charge is 0.416 e. The first-order valence-electron chi connectivity index (χ1n) is 8.02. The summed E-state index contributed by atoms with van der Waals surface area (Å²) < 4.78 is 38.0. The fourth-order valence-corrected chi connectivity index (χ4v) is 3.25. The van der Waals surface area contributed by atoms with Crippen LogP contribution in [0, 0.1) is 11.8 Å². The molecule has 0 aliphatic heterocycles. The van der Waals surface area contributed by atoms with Gasteiger partial charge in [-0.05, 0) is 35.4 Å². The van der Waals surface area contributed by atoms with Gasteiger partial charge in [-0.2, -0.15) is 13.2 Å². The third-order valence-electron chi connectivity index (χ3n) is 4.52. The smallest absolute Gasteiger partial charge is 0.369 e. The molecule has 0 heterocycles. The lowest BCUT2D eigenvalue weighted by Gasteiger charge is -2.18. The second-order valence-corrected chi connectivity index (χ2v) is 6.13. The number of aliphatic hydroxyl groups is 1. The van der Waals surface area contributed by atoms with Gasteiger partial charge < -0.3 is 5.11 Å². The molecule has 3 aromatic carbocycles. The molecule has 0 saturated heterocycles. The molecular weight excluding hydrogens is 337 g/mol. The Balaban J connectivity index is 1.79. The maximum atomic E-state index is 12.7. The molecule has 0 atom stereocenters. The first kappa shape index (κ1) is 16.4. The van der Waals surface area contributed by atoms with Gasteiger partial charge in [0.15, 0.2) is 5.60 Å². The van der Waals surface area contributed by atoms with E-state index < -0.39 is 17.3 Å². The van der Waals surface area contributed by atoms with Crippen LogP contribution in [0.5, 0.6) is 0 Å². The van der Waals surface area contributed by atoms with E-state index in [0.29, 0.717) is 16.7 Å². The average molecular weight is 350 g/mol. The fourth-order valence-electron chi connectivity index (χ4n) is 3.25. The van der Waals surface area contributed by atoms with Gasteiger partial charge in [-0.3, -0.25) is 0 Å². The van der Waals surface area contributed by atoms with Gasteiger partial charge >= 0.3 is 6.18 Å². The predicted octanol–water partition coefficient (Wildman–Crippen LogP) is 4.97. The molecule has 1 nitrogen and oxygen atoms in total. The molecule has 1 aliphatic carbocycles. The Morgan fingerprint density at radius 1 is 0.731 bits per heavy atom. The van der Waals surface area contributed by atoms with E-state index in [1.54, 1.807) is 0 Å². The van der Waals surface area contributed by atoms with E-state index >= 15 is 0 Å². The van der Waals surface area contributed by atoms with E-state index in [9.17, 15) is 18.3 Å².